The molecule has 4 rings (SSSR count). The van der Waals surface area contributed by atoms with Crippen molar-refractivity contribution in [2.24, 2.45) is 0 Å². The highest BCUT2D eigenvalue weighted by Gasteiger charge is 2.18. The summed E-state index contributed by atoms with van der Waals surface area (Å²) in [6.45, 7) is 2.89. The zero-order valence-corrected chi connectivity index (χ0v) is 19.6. The molecule has 4 aromatic rings. The molecule has 0 fully saturated rings. The number of hydrogen-bond acceptors (Lipinski definition) is 6. The van der Waals surface area contributed by atoms with E-state index >= 15 is 0 Å². The van der Waals surface area contributed by atoms with Gasteiger partial charge in [0.05, 0.1) is 5.75 Å². The van der Waals surface area contributed by atoms with Crippen LogP contribution in [0.4, 0.5) is 0 Å². The van der Waals surface area contributed by atoms with Gasteiger partial charge in [0, 0.05) is 19.3 Å². The first-order valence-corrected chi connectivity index (χ1v) is 12.1. The Labute approximate surface area is 195 Å². The quantitative estimate of drug-likeness (QED) is 0.328. The molecule has 0 unspecified atom stereocenters. The summed E-state index contributed by atoms with van der Waals surface area (Å²) in [5.41, 5.74) is 3.13. The van der Waals surface area contributed by atoms with E-state index in [1.165, 1.54) is 11.8 Å². The molecule has 0 saturated heterocycles. The lowest BCUT2D eigenvalue weighted by atomic mass is 10.2. The molecule has 0 aliphatic rings. The Bertz CT molecular complexity index is 1160. The highest BCUT2D eigenvalue weighted by atomic mass is 32.2. The maximum Gasteiger partial charge on any atom is 0.233 e. The van der Waals surface area contributed by atoms with Crippen molar-refractivity contribution in [1.82, 2.24) is 19.7 Å². The molecule has 0 aliphatic heterocycles. The van der Waals surface area contributed by atoms with Crippen LogP contribution in [0.5, 0.6) is 5.75 Å². The molecule has 6 nitrogen and oxygen atoms in total. The van der Waals surface area contributed by atoms with Gasteiger partial charge in [-0.1, -0.05) is 48.2 Å². The van der Waals surface area contributed by atoms with Crippen LogP contribution in [0, 0.1) is 6.92 Å². The van der Waals surface area contributed by atoms with Crippen LogP contribution in [0.2, 0.25) is 0 Å². The smallest absolute Gasteiger partial charge is 0.233 e. The third-order valence-corrected chi connectivity index (χ3v) is 6.56. The molecule has 2 aromatic heterocycles. The van der Waals surface area contributed by atoms with Gasteiger partial charge in [0.1, 0.15) is 12.4 Å². The second kappa shape index (κ2) is 10.5. The van der Waals surface area contributed by atoms with E-state index in [4.69, 9.17) is 4.74 Å². The normalized spacial score (nSPS) is 10.8. The van der Waals surface area contributed by atoms with Crippen LogP contribution in [0.25, 0.3) is 5.69 Å². The molecule has 0 radical (unpaired) electrons. The maximum atomic E-state index is 12.7. The Morgan fingerprint density at radius 2 is 1.88 bits per heavy atom. The molecule has 164 valence electrons. The largest absolute Gasteiger partial charge is 0.485 e. The lowest BCUT2D eigenvalue weighted by Crippen LogP contribution is -2.27. The Morgan fingerprint density at radius 3 is 2.62 bits per heavy atom. The van der Waals surface area contributed by atoms with E-state index in [1.54, 1.807) is 16.2 Å². The number of carbonyl (C=O) groups is 1. The van der Waals surface area contributed by atoms with Crippen molar-refractivity contribution in [3.8, 4) is 11.4 Å². The van der Waals surface area contributed by atoms with Crippen molar-refractivity contribution in [3.63, 3.8) is 0 Å². The van der Waals surface area contributed by atoms with Crippen LogP contribution >= 0.6 is 23.1 Å². The summed E-state index contributed by atoms with van der Waals surface area (Å²) in [6, 6.07) is 19.8. The lowest BCUT2D eigenvalue weighted by Gasteiger charge is -2.16. The predicted molar refractivity (Wildman–Crippen MR) is 128 cm³/mol. The Balaban J connectivity index is 1.49. The minimum absolute atomic E-state index is 0.0431. The Morgan fingerprint density at radius 1 is 1.09 bits per heavy atom. The van der Waals surface area contributed by atoms with Crippen LogP contribution in [-0.4, -0.2) is 38.4 Å². The Hall–Kier alpha value is -3.10. The molecule has 2 heterocycles. The first-order chi connectivity index (χ1) is 15.6. The molecule has 0 aliphatic carbocycles. The first-order valence-electron chi connectivity index (χ1n) is 10.2. The fourth-order valence-corrected chi connectivity index (χ4v) is 4.74. The van der Waals surface area contributed by atoms with Crippen LogP contribution in [0.3, 0.4) is 0 Å². The van der Waals surface area contributed by atoms with Crippen molar-refractivity contribution in [1.29, 1.82) is 0 Å². The second-order valence-corrected chi connectivity index (χ2v) is 9.02. The van der Waals surface area contributed by atoms with Crippen molar-refractivity contribution in [2.75, 3.05) is 12.8 Å². The van der Waals surface area contributed by atoms with Crippen molar-refractivity contribution < 1.29 is 9.53 Å². The fraction of sp³-hybridized carbons (Fsp3) is 0.208. The number of aryl methyl sites for hydroxylation is 1. The number of aromatic nitrogens is 3. The molecular weight excluding hydrogens is 440 g/mol. The highest BCUT2D eigenvalue weighted by Crippen LogP contribution is 2.24. The summed E-state index contributed by atoms with van der Waals surface area (Å²) in [5, 5.41) is 13.5. The van der Waals surface area contributed by atoms with E-state index < -0.39 is 0 Å². The number of nitrogens with zero attached hydrogens (tertiary/aromatic N) is 4. The van der Waals surface area contributed by atoms with Gasteiger partial charge in [0.25, 0.3) is 0 Å². The van der Waals surface area contributed by atoms with Gasteiger partial charge in [0.15, 0.2) is 11.0 Å². The molecule has 0 bridgehead atoms. The molecule has 1 amide bonds. The molecular formula is C24H24N4O2S2. The van der Waals surface area contributed by atoms with E-state index in [1.807, 2.05) is 84.6 Å². The van der Waals surface area contributed by atoms with E-state index in [0.717, 1.165) is 22.6 Å². The van der Waals surface area contributed by atoms with Crippen LogP contribution in [0.15, 0.2) is 76.6 Å². The number of thioether (sulfide) groups is 1. The summed E-state index contributed by atoms with van der Waals surface area (Å²) in [6.07, 6.45) is 0. The van der Waals surface area contributed by atoms with Gasteiger partial charge in [-0.3, -0.25) is 9.36 Å². The highest BCUT2D eigenvalue weighted by molar-refractivity contribution is 7.99. The van der Waals surface area contributed by atoms with Crippen molar-refractivity contribution in [2.45, 2.75) is 25.2 Å². The first kappa shape index (κ1) is 22.1. The number of thiophene rings is 1. The number of benzene rings is 2. The third-order valence-electron chi connectivity index (χ3n) is 4.92. The number of rotatable bonds is 9. The summed E-state index contributed by atoms with van der Waals surface area (Å²) in [5.74, 6) is 1.82. The third kappa shape index (κ3) is 5.38. The number of carbonyl (C=O) groups excluding carboxylic acids is 1. The van der Waals surface area contributed by atoms with Gasteiger partial charge in [-0.2, -0.15) is 11.3 Å². The predicted octanol–water partition coefficient (Wildman–Crippen LogP) is 4.97. The number of amides is 1. The number of hydrogen-bond donors (Lipinski definition) is 0. The summed E-state index contributed by atoms with van der Waals surface area (Å²) < 4.78 is 7.97. The fourth-order valence-electron chi connectivity index (χ4n) is 3.17. The lowest BCUT2D eigenvalue weighted by molar-refractivity contribution is -0.127. The Kier molecular flexibility index (Phi) is 7.24. The average Bonchev–Trinajstić information content (AvgIpc) is 3.47. The molecule has 2 aromatic carbocycles. The molecule has 32 heavy (non-hydrogen) atoms. The van der Waals surface area contributed by atoms with E-state index in [0.29, 0.717) is 17.5 Å². The van der Waals surface area contributed by atoms with E-state index in [9.17, 15) is 4.79 Å². The molecule has 0 atom stereocenters. The van der Waals surface area contributed by atoms with E-state index in [2.05, 4.69) is 15.6 Å². The molecule has 8 heteroatoms. The van der Waals surface area contributed by atoms with Crippen LogP contribution in [-0.2, 0) is 17.9 Å². The molecule has 0 N–H and O–H groups in total. The van der Waals surface area contributed by atoms with Gasteiger partial charge in [0.2, 0.25) is 5.91 Å². The number of ether oxygens (including phenoxy) is 1. The van der Waals surface area contributed by atoms with Gasteiger partial charge < -0.3 is 9.64 Å². The summed E-state index contributed by atoms with van der Waals surface area (Å²) >= 11 is 3.01. The maximum absolute atomic E-state index is 12.7. The zero-order chi connectivity index (χ0) is 22.3. The average molecular weight is 465 g/mol. The minimum Gasteiger partial charge on any atom is -0.485 e. The standard InChI is InChI=1S/C24H24N4O2S2/c1-18-8-6-7-11-21(18)30-15-22-25-26-24(28(22)20-9-4-3-5-10-20)32-17-23(29)27(2)14-19-12-13-31-16-19/h3-13,16H,14-15,17H2,1-2H3. The monoisotopic (exact) mass is 464 g/mol. The SMILES string of the molecule is Cc1ccccc1OCc1nnc(SCC(=O)N(C)Cc2ccsc2)n1-c1ccccc1. The van der Waals surface area contributed by atoms with Crippen LogP contribution in [0.1, 0.15) is 17.0 Å². The minimum atomic E-state index is 0.0431. The van der Waals surface area contributed by atoms with Gasteiger partial charge in [-0.05, 0) is 53.1 Å². The number of para-hydroxylation sites is 2. The van der Waals surface area contributed by atoms with Crippen LogP contribution < -0.4 is 4.74 Å². The second-order valence-electron chi connectivity index (χ2n) is 7.29. The van der Waals surface area contributed by atoms with Crippen molar-refractivity contribution >= 4 is 29.0 Å². The summed E-state index contributed by atoms with van der Waals surface area (Å²) in [4.78, 5) is 14.4. The van der Waals surface area contributed by atoms with E-state index in [-0.39, 0.29) is 18.3 Å². The molecule has 0 spiro atoms. The van der Waals surface area contributed by atoms with Gasteiger partial charge >= 0.3 is 0 Å². The van der Waals surface area contributed by atoms with Crippen molar-refractivity contribution in [3.05, 3.63) is 88.4 Å². The van der Waals surface area contributed by atoms with Gasteiger partial charge in [-0.15, -0.1) is 10.2 Å². The topological polar surface area (TPSA) is 60.3 Å². The summed E-state index contributed by atoms with van der Waals surface area (Å²) in [7, 11) is 1.82. The van der Waals surface area contributed by atoms with Gasteiger partial charge in [-0.25, -0.2) is 0 Å². The molecule has 0 saturated carbocycles. The zero-order valence-electron chi connectivity index (χ0n) is 18.0.